The summed E-state index contributed by atoms with van der Waals surface area (Å²) in [6.07, 6.45) is 4.58. The van der Waals surface area contributed by atoms with Crippen LogP contribution in [0.4, 0.5) is 10.5 Å². The zero-order valence-corrected chi connectivity index (χ0v) is 17.8. The van der Waals surface area contributed by atoms with Gasteiger partial charge in [-0.05, 0) is 43.2 Å². The van der Waals surface area contributed by atoms with Crippen molar-refractivity contribution in [3.05, 3.63) is 58.6 Å². The Morgan fingerprint density at radius 1 is 1.23 bits per heavy atom. The summed E-state index contributed by atoms with van der Waals surface area (Å²) in [5.41, 5.74) is 1.39. The molecule has 3 N–H and O–H groups in total. The molecule has 0 bridgehead atoms. The Labute approximate surface area is 188 Å². The van der Waals surface area contributed by atoms with Gasteiger partial charge in [-0.25, -0.2) is 9.78 Å². The third-order valence-corrected chi connectivity index (χ3v) is 5.37. The second-order valence-electron chi connectivity index (χ2n) is 6.95. The smallest absolute Gasteiger partial charge is 0.315 e. The van der Waals surface area contributed by atoms with Gasteiger partial charge in [-0.1, -0.05) is 23.2 Å². The fraction of sp³-hybridized carbons (Fsp3) is 0.250. The third-order valence-electron chi connectivity index (χ3n) is 4.83. The first-order valence-electron chi connectivity index (χ1n) is 9.64. The number of amides is 3. The Bertz CT molecular complexity index is 1090. The molecule has 31 heavy (non-hydrogen) atoms. The summed E-state index contributed by atoms with van der Waals surface area (Å²) < 4.78 is 0. The number of benzene rings is 1. The van der Waals surface area contributed by atoms with Crippen LogP contribution in [0.5, 0.6) is 0 Å². The number of nitrogens with one attached hydrogen (secondary N) is 3. The summed E-state index contributed by atoms with van der Waals surface area (Å²) in [7, 11) is 0. The number of hydrogen-bond donors (Lipinski definition) is 3. The van der Waals surface area contributed by atoms with E-state index in [0.29, 0.717) is 40.3 Å². The Hall–Kier alpha value is -3.17. The zero-order valence-electron chi connectivity index (χ0n) is 16.3. The van der Waals surface area contributed by atoms with Crippen LogP contribution >= 0.6 is 23.2 Å². The van der Waals surface area contributed by atoms with Gasteiger partial charge < -0.3 is 15.5 Å². The maximum absolute atomic E-state index is 12.9. The Morgan fingerprint density at radius 2 is 2.03 bits per heavy atom. The number of piperidine rings is 1. The molecule has 0 saturated carbocycles. The summed E-state index contributed by atoms with van der Waals surface area (Å²) in [6, 6.07) is 7.44. The highest BCUT2D eigenvalue weighted by atomic mass is 35.5. The lowest BCUT2D eigenvalue weighted by Gasteiger charge is -2.33. The first kappa shape index (κ1) is 21.1. The van der Waals surface area contributed by atoms with Crippen LogP contribution in [-0.4, -0.2) is 44.7 Å². The SMILES string of the molecule is O=C(NCc1nc(-c2ccncc2)n[nH]1)NC1CCCN(c2ccc(Cl)cc2Cl)C1=O. The Balaban J connectivity index is 1.34. The number of aromatic nitrogens is 4. The van der Waals surface area contributed by atoms with Crippen molar-refractivity contribution in [2.24, 2.45) is 0 Å². The molecule has 9 nitrogen and oxygen atoms in total. The van der Waals surface area contributed by atoms with E-state index in [9.17, 15) is 9.59 Å². The normalized spacial score (nSPS) is 16.3. The van der Waals surface area contributed by atoms with E-state index >= 15 is 0 Å². The van der Waals surface area contributed by atoms with Gasteiger partial charge in [-0.15, -0.1) is 0 Å². The number of nitrogens with zero attached hydrogens (tertiary/aromatic N) is 4. The van der Waals surface area contributed by atoms with Gasteiger partial charge in [-0.3, -0.25) is 14.9 Å². The lowest BCUT2D eigenvalue weighted by atomic mass is 10.0. The third kappa shape index (κ3) is 4.95. The van der Waals surface area contributed by atoms with Crippen LogP contribution in [0.2, 0.25) is 10.0 Å². The molecule has 0 spiro atoms. The molecule has 160 valence electrons. The van der Waals surface area contributed by atoms with E-state index in [2.05, 4.69) is 30.8 Å². The Morgan fingerprint density at radius 3 is 2.81 bits per heavy atom. The second kappa shape index (κ2) is 9.32. The molecule has 1 fully saturated rings. The molecule has 1 aromatic carbocycles. The number of aromatic amines is 1. The number of carbonyl (C=O) groups is 2. The van der Waals surface area contributed by atoms with Crippen molar-refractivity contribution in [1.29, 1.82) is 0 Å². The summed E-state index contributed by atoms with van der Waals surface area (Å²) in [4.78, 5) is 35.1. The summed E-state index contributed by atoms with van der Waals surface area (Å²) in [5.74, 6) is 0.786. The molecule has 1 atom stereocenters. The average Bonchev–Trinajstić information content (AvgIpc) is 3.24. The van der Waals surface area contributed by atoms with Gasteiger partial charge in [0, 0.05) is 29.5 Å². The summed E-state index contributed by atoms with van der Waals surface area (Å²) >= 11 is 12.2. The minimum absolute atomic E-state index is 0.136. The van der Waals surface area contributed by atoms with E-state index in [1.165, 1.54) is 0 Å². The maximum Gasteiger partial charge on any atom is 0.315 e. The van der Waals surface area contributed by atoms with Gasteiger partial charge in [0.2, 0.25) is 5.91 Å². The quantitative estimate of drug-likeness (QED) is 0.541. The van der Waals surface area contributed by atoms with Crippen LogP contribution < -0.4 is 15.5 Å². The molecule has 1 saturated heterocycles. The van der Waals surface area contributed by atoms with Crippen molar-refractivity contribution in [2.45, 2.75) is 25.4 Å². The van der Waals surface area contributed by atoms with Crippen molar-refractivity contribution < 1.29 is 9.59 Å². The highest BCUT2D eigenvalue weighted by Gasteiger charge is 2.31. The van der Waals surface area contributed by atoms with Crippen molar-refractivity contribution >= 4 is 40.8 Å². The molecule has 2 aromatic heterocycles. The van der Waals surface area contributed by atoms with Crippen LogP contribution in [-0.2, 0) is 11.3 Å². The number of carbonyl (C=O) groups excluding carboxylic acids is 2. The van der Waals surface area contributed by atoms with E-state index in [4.69, 9.17) is 23.2 Å². The van der Waals surface area contributed by atoms with Gasteiger partial charge >= 0.3 is 6.03 Å². The molecule has 3 amide bonds. The van der Waals surface area contributed by atoms with E-state index in [0.717, 1.165) is 12.0 Å². The topological polar surface area (TPSA) is 116 Å². The molecule has 0 radical (unpaired) electrons. The van der Waals surface area contributed by atoms with Gasteiger partial charge in [0.05, 0.1) is 17.3 Å². The summed E-state index contributed by atoms with van der Waals surface area (Å²) in [5, 5.41) is 13.2. The summed E-state index contributed by atoms with van der Waals surface area (Å²) in [6.45, 7) is 0.660. The lowest BCUT2D eigenvalue weighted by molar-refractivity contribution is -0.121. The molecular weight excluding hydrogens is 441 g/mol. The van der Waals surface area contributed by atoms with Crippen LogP contribution in [0.1, 0.15) is 18.7 Å². The molecule has 0 aliphatic carbocycles. The monoisotopic (exact) mass is 459 g/mol. The zero-order chi connectivity index (χ0) is 21.8. The highest BCUT2D eigenvalue weighted by Crippen LogP contribution is 2.31. The van der Waals surface area contributed by atoms with E-state index in [1.54, 1.807) is 47.6 Å². The maximum atomic E-state index is 12.9. The second-order valence-corrected chi connectivity index (χ2v) is 7.79. The standard InChI is InChI=1S/C20H19Cl2N7O2/c21-13-3-4-16(14(22)10-13)29-9-1-2-15(19(29)30)25-20(31)24-11-17-26-18(28-27-17)12-5-7-23-8-6-12/h3-8,10,15H,1-2,9,11H2,(H2,24,25,31)(H,26,27,28). The van der Waals surface area contributed by atoms with Crippen molar-refractivity contribution in [1.82, 2.24) is 30.8 Å². The number of pyridine rings is 1. The van der Waals surface area contributed by atoms with Gasteiger partial charge in [0.25, 0.3) is 0 Å². The van der Waals surface area contributed by atoms with Crippen LogP contribution in [0.25, 0.3) is 11.4 Å². The predicted octanol–water partition coefficient (Wildman–Crippen LogP) is 3.17. The van der Waals surface area contributed by atoms with Crippen LogP contribution in [0, 0.1) is 0 Å². The van der Waals surface area contributed by atoms with Gasteiger partial charge in [0.15, 0.2) is 5.82 Å². The molecule has 3 aromatic rings. The molecule has 4 rings (SSSR count). The molecule has 3 heterocycles. The first-order valence-corrected chi connectivity index (χ1v) is 10.4. The number of halogens is 2. The lowest BCUT2D eigenvalue weighted by Crippen LogP contribution is -2.54. The largest absolute Gasteiger partial charge is 0.331 e. The number of anilines is 1. The minimum Gasteiger partial charge on any atom is -0.331 e. The minimum atomic E-state index is -0.650. The van der Waals surface area contributed by atoms with Crippen LogP contribution in [0.3, 0.4) is 0 Å². The van der Waals surface area contributed by atoms with Crippen molar-refractivity contribution in [2.75, 3.05) is 11.4 Å². The van der Waals surface area contributed by atoms with E-state index in [1.807, 2.05) is 0 Å². The van der Waals surface area contributed by atoms with Gasteiger partial charge in [0.1, 0.15) is 11.9 Å². The van der Waals surface area contributed by atoms with Crippen LogP contribution in [0.15, 0.2) is 42.7 Å². The van der Waals surface area contributed by atoms with E-state index in [-0.39, 0.29) is 12.5 Å². The molecule has 1 aliphatic heterocycles. The van der Waals surface area contributed by atoms with E-state index < -0.39 is 12.1 Å². The highest BCUT2D eigenvalue weighted by molar-refractivity contribution is 6.36. The molecule has 11 heteroatoms. The predicted molar refractivity (Wildman–Crippen MR) is 117 cm³/mol. The molecule has 1 aliphatic rings. The van der Waals surface area contributed by atoms with Crippen molar-refractivity contribution in [3.63, 3.8) is 0 Å². The number of hydrogen-bond acceptors (Lipinski definition) is 5. The fourth-order valence-corrected chi connectivity index (χ4v) is 3.84. The average molecular weight is 460 g/mol. The first-order chi connectivity index (χ1) is 15.0. The van der Waals surface area contributed by atoms with Gasteiger partial charge in [-0.2, -0.15) is 5.10 Å². The molecule has 1 unspecified atom stereocenters. The Kier molecular flexibility index (Phi) is 6.34. The fourth-order valence-electron chi connectivity index (χ4n) is 3.33. The number of urea groups is 1. The number of rotatable bonds is 5. The molecular formula is C20H19Cl2N7O2. The van der Waals surface area contributed by atoms with Crippen molar-refractivity contribution in [3.8, 4) is 11.4 Å². The number of H-pyrrole nitrogens is 1.